The zero-order valence-corrected chi connectivity index (χ0v) is 9.10. The van der Waals surface area contributed by atoms with Crippen LogP contribution in [0, 0.1) is 5.92 Å². The first kappa shape index (κ1) is 10.7. The summed E-state index contributed by atoms with van der Waals surface area (Å²) in [6.45, 7) is 3.86. The zero-order chi connectivity index (χ0) is 12.0. The summed E-state index contributed by atoms with van der Waals surface area (Å²) in [5.41, 5.74) is 5.26. The minimum atomic E-state index is -0.753. The minimum absolute atomic E-state index is 0.214. The van der Waals surface area contributed by atoms with Crippen molar-refractivity contribution in [1.82, 2.24) is 4.57 Å². The van der Waals surface area contributed by atoms with Gasteiger partial charge in [0.1, 0.15) is 6.04 Å². The average Bonchev–Trinajstić information content (AvgIpc) is 2.90. The molecule has 0 aliphatic carbocycles. The van der Waals surface area contributed by atoms with Gasteiger partial charge in [0.2, 0.25) is 29.2 Å². The molecule has 0 saturated carbocycles. The number of fused-ring (bicyclic) bond motifs is 1. The van der Waals surface area contributed by atoms with Gasteiger partial charge in [-0.2, -0.15) is 0 Å². The molecule has 6 nitrogen and oxygen atoms in total. The Hall–Kier alpha value is -1.85. The molecule has 1 aliphatic heterocycles. The van der Waals surface area contributed by atoms with Crippen molar-refractivity contribution in [2.75, 3.05) is 0 Å². The number of hydrogen-bond acceptors (Lipinski definition) is 4. The lowest BCUT2D eigenvalue weighted by Crippen LogP contribution is -2.27. The maximum absolute atomic E-state index is 11.3. The summed E-state index contributed by atoms with van der Waals surface area (Å²) >= 11 is 0. The molecule has 16 heavy (non-hydrogen) atoms. The summed E-state index contributed by atoms with van der Waals surface area (Å²) in [6.07, 6.45) is 0.448. The van der Waals surface area contributed by atoms with Crippen molar-refractivity contribution in [3.8, 4) is 23.3 Å². The first-order chi connectivity index (χ1) is 7.43. The van der Waals surface area contributed by atoms with Crippen molar-refractivity contribution in [2.24, 2.45) is 11.7 Å². The van der Waals surface area contributed by atoms with Crippen LogP contribution in [0.4, 0.5) is 0 Å². The predicted molar refractivity (Wildman–Crippen MR) is 55.5 cm³/mol. The first-order valence-corrected chi connectivity index (χ1v) is 5.06. The van der Waals surface area contributed by atoms with E-state index in [1.165, 1.54) is 0 Å². The van der Waals surface area contributed by atoms with E-state index < -0.39 is 11.9 Å². The highest BCUT2D eigenvalue weighted by Crippen LogP contribution is 2.61. The topological polar surface area (TPSA) is 101 Å². The van der Waals surface area contributed by atoms with Crippen molar-refractivity contribution in [3.63, 3.8) is 0 Å². The minimum Gasteiger partial charge on any atom is -0.492 e. The van der Waals surface area contributed by atoms with E-state index in [0.29, 0.717) is 6.42 Å². The number of amides is 1. The molecule has 0 saturated heterocycles. The second kappa shape index (κ2) is 3.33. The van der Waals surface area contributed by atoms with Gasteiger partial charge in [-0.15, -0.1) is 0 Å². The molecule has 0 bridgehead atoms. The molecule has 1 aliphatic rings. The van der Waals surface area contributed by atoms with Crippen LogP contribution in [0.5, 0.6) is 23.3 Å². The molecule has 2 heterocycles. The Labute approximate surface area is 92.2 Å². The summed E-state index contributed by atoms with van der Waals surface area (Å²) in [5.74, 6) is -0.394. The third kappa shape index (κ3) is 1.46. The van der Waals surface area contributed by atoms with Crippen LogP contribution in [0.3, 0.4) is 0 Å². The molecule has 0 radical (unpaired) electrons. The molecule has 0 spiro atoms. The van der Waals surface area contributed by atoms with Crippen LogP contribution in [-0.4, -0.2) is 20.7 Å². The number of nitrogens with two attached hydrogens (primary N) is 1. The van der Waals surface area contributed by atoms with Gasteiger partial charge in [0.25, 0.3) is 0 Å². The van der Waals surface area contributed by atoms with Gasteiger partial charge in [-0.1, -0.05) is 13.8 Å². The van der Waals surface area contributed by atoms with Crippen LogP contribution < -0.4 is 10.5 Å². The Morgan fingerprint density at radius 3 is 2.25 bits per heavy atom. The SMILES string of the molecule is CC(C)CC(C(N)=O)n1c(O)c2c(c1O)O2. The van der Waals surface area contributed by atoms with Gasteiger partial charge in [-0.3, -0.25) is 9.36 Å². The molecule has 0 aromatic carbocycles. The lowest BCUT2D eigenvalue weighted by molar-refractivity contribution is -0.121. The van der Waals surface area contributed by atoms with Crippen molar-refractivity contribution in [2.45, 2.75) is 26.3 Å². The van der Waals surface area contributed by atoms with Crippen LogP contribution in [0.25, 0.3) is 0 Å². The zero-order valence-electron chi connectivity index (χ0n) is 9.10. The molecule has 4 N–H and O–H groups in total. The fourth-order valence-electron chi connectivity index (χ4n) is 1.78. The lowest BCUT2D eigenvalue weighted by Gasteiger charge is -2.19. The van der Waals surface area contributed by atoms with E-state index in [2.05, 4.69) is 0 Å². The smallest absolute Gasteiger partial charge is 0.243 e. The van der Waals surface area contributed by atoms with E-state index in [9.17, 15) is 15.0 Å². The number of carbonyl (C=O) groups excluding carboxylic acids is 1. The quantitative estimate of drug-likeness (QED) is 0.679. The van der Waals surface area contributed by atoms with Crippen molar-refractivity contribution in [1.29, 1.82) is 0 Å². The van der Waals surface area contributed by atoms with E-state index >= 15 is 0 Å². The highest BCUT2D eigenvalue weighted by molar-refractivity contribution is 5.81. The maximum atomic E-state index is 11.3. The Balaban J connectivity index is 2.36. The molecule has 0 fully saturated rings. The third-order valence-corrected chi connectivity index (χ3v) is 2.57. The third-order valence-electron chi connectivity index (χ3n) is 2.57. The number of hydrogen-bond donors (Lipinski definition) is 3. The van der Waals surface area contributed by atoms with E-state index in [-0.39, 0.29) is 29.2 Å². The number of aromatic hydroxyl groups is 2. The molecule has 1 aromatic heterocycles. The molecule has 2 rings (SSSR count). The summed E-state index contributed by atoms with van der Waals surface area (Å²) in [6, 6.07) is -0.753. The molecular formula is C10H14N2O4. The fraction of sp³-hybridized carbons (Fsp3) is 0.500. The summed E-state index contributed by atoms with van der Waals surface area (Å²) < 4.78 is 5.93. The number of ether oxygens (including phenoxy) is 1. The van der Waals surface area contributed by atoms with Gasteiger partial charge in [0, 0.05) is 0 Å². The van der Waals surface area contributed by atoms with Gasteiger partial charge in [0.05, 0.1) is 0 Å². The molecule has 88 valence electrons. The molecule has 6 heteroatoms. The standard InChI is InChI=1S/C10H14N2O4/c1-4(2)3-5(8(11)13)12-9(14)6-7(16-6)10(12)15/h4-5,14-15H,3H2,1-2H3,(H2,11,13). The van der Waals surface area contributed by atoms with E-state index in [0.717, 1.165) is 4.57 Å². The lowest BCUT2D eigenvalue weighted by atomic mass is 10.0. The summed E-state index contributed by atoms with van der Waals surface area (Å²) in [7, 11) is 0. The van der Waals surface area contributed by atoms with Crippen molar-refractivity contribution < 1.29 is 19.7 Å². The highest BCUT2D eigenvalue weighted by atomic mass is 16.6. The second-order valence-electron chi connectivity index (χ2n) is 4.33. The highest BCUT2D eigenvalue weighted by Gasteiger charge is 2.40. The Kier molecular flexibility index (Phi) is 2.22. The number of nitrogens with zero attached hydrogens (tertiary/aromatic N) is 1. The van der Waals surface area contributed by atoms with Gasteiger partial charge in [-0.25, -0.2) is 0 Å². The summed E-state index contributed by atoms with van der Waals surface area (Å²) in [5, 5.41) is 19.3. The Morgan fingerprint density at radius 1 is 1.38 bits per heavy atom. The predicted octanol–water partition coefficient (Wildman–Crippen LogP) is 1.08. The second-order valence-corrected chi connectivity index (χ2v) is 4.33. The Morgan fingerprint density at radius 2 is 1.88 bits per heavy atom. The number of primary amides is 1. The van der Waals surface area contributed by atoms with E-state index in [4.69, 9.17) is 10.5 Å². The van der Waals surface area contributed by atoms with Crippen molar-refractivity contribution >= 4 is 5.91 Å². The fourth-order valence-corrected chi connectivity index (χ4v) is 1.78. The van der Waals surface area contributed by atoms with Crippen LogP contribution in [0.1, 0.15) is 26.3 Å². The van der Waals surface area contributed by atoms with Gasteiger partial charge >= 0.3 is 0 Å². The van der Waals surface area contributed by atoms with E-state index in [1.807, 2.05) is 13.8 Å². The number of rotatable bonds is 4. The van der Waals surface area contributed by atoms with Gasteiger partial charge in [-0.05, 0) is 12.3 Å². The Bertz CT molecular complexity index is 425. The molecule has 1 atom stereocenters. The summed E-state index contributed by atoms with van der Waals surface area (Å²) in [4.78, 5) is 11.3. The molecular weight excluding hydrogens is 212 g/mol. The largest absolute Gasteiger partial charge is 0.492 e. The number of aromatic nitrogens is 1. The first-order valence-electron chi connectivity index (χ1n) is 5.06. The van der Waals surface area contributed by atoms with Crippen LogP contribution >= 0.6 is 0 Å². The number of carbonyl (C=O) groups is 1. The van der Waals surface area contributed by atoms with Crippen LogP contribution in [-0.2, 0) is 4.79 Å². The normalized spacial score (nSPS) is 14.4. The van der Waals surface area contributed by atoms with Gasteiger partial charge in [0.15, 0.2) is 0 Å². The van der Waals surface area contributed by atoms with E-state index in [1.54, 1.807) is 0 Å². The monoisotopic (exact) mass is 226 g/mol. The molecule has 1 unspecified atom stereocenters. The van der Waals surface area contributed by atoms with Crippen LogP contribution in [0.15, 0.2) is 0 Å². The van der Waals surface area contributed by atoms with Crippen LogP contribution in [0.2, 0.25) is 0 Å². The average molecular weight is 226 g/mol. The molecule has 1 amide bonds. The maximum Gasteiger partial charge on any atom is 0.243 e. The molecule has 1 aromatic rings. The van der Waals surface area contributed by atoms with Gasteiger partial charge < -0.3 is 20.7 Å². The van der Waals surface area contributed by atoms with Crippen molar-refractivity contribution in [3.05, 3.63) is 0 Å².